The fraction of sp³-hybridized carbons (Fsp3) is 0.0909. The summed E-state index contributed by atoms with van der Waals surface area (Å²) < 4.78 is 27.9. The zero-order chi connectivity index (χ0) is 21.7. The van der Waals surface area contributed by atoms with Gasteiger partial charge in [-0.3, -0.25) is 9.59 Å². The van der Waals surface area contributed by atoms with Gasteiger partial charge in [-0.25, -0.2) is 12.7 Å². The molecule has 0 heterocycles. The van der Waals surface area contributed by atoms with Crippen molar-refractivity contribution in [2.24, 2.45) is 0 Å². The van der Waals surface area contributed by atoms with E-state index in [-0.39, 0.29) is 27.3 Å². The van der Waals surface area contributed by atoms with Gasteiger partial charge in [0.2, 0.25) is 0 Å². The van der Waals surface area contributed by atoms with Gasteiger partial charge in [0.1, 0.15) is 5.75 Å². The number of carbonyl (C=O) groups is 2. The number of hydrogen-bond donors (Lipinski definition) is 1. The lowest BCUT2D eigenvalue weighted by atomic mass is 10.1. The van der Waals surface area contributed by atoms with E-state index in [4.69, 9.17) is 0 Å². The van der Waals surface area contributed by atoms with Crippen molar-refractivity contribution in [1.29, 1.82) is 0 Å². The highest BCUT2D eigenvalue weighted by Gasteiger charge is 2.26. The van der Waals surface area contributed by atoms with E-state index in [0.717, 1.165) is 16.1 Å². The summed E-state index contributed by atoms with van der Waals surface area (Å²) in [6.07, 6.45) is 0. The molecular formula is C22H19NO5S2. The fourth-order valence-electron chi connectivity index (χ4n) is 2.75. The van der Waals surface area contributed by atoms with Crippen molar-refractivity contribution < 1.29 is 23.1 Å². The number of thioether (sulfide) groups is 1. The van der Waals surface area contributed by atoms with E-state index in [0.29, 0.717) is 16.9 Å². The van der Waals surface area contributed by atoms with Crippen molar-refractivity contribution in [3.05, 3.63) is 84.4 Å². The normalized spacial score (nSPS) is 11.1. The van der Waals surface area contributed by atoms with Gasteiger partial charge in [-0.05, 0) is 60.7 Å². The molecule has 0 atom stereocenters. The fourth-order valence-corrected chi connectivity index (χ4v) is 4.76. The summed E-state index contributed by atoms with van der Waals surface area (Å²) >= 11 is 0.926. The highest BCUT2D eigenvalue weighted by atomic mass is 32.2. The summed E-state index contributed by atoms with van der Waals surface area (Å²) in [4.78, 5) is 23.4. The van der Waals surface area contributed by atoms with Gasteiger partial charge in [0.25, 0.3) is 10.0 Å². The molecule has 3 aromatic carbocycles. The van der Waals surface area contributed by atoms with Gasteiger partial charge in [0.05, 0.1) is 22.0 Å². The summed E-state index contributed by atoms with van der Waals surface area (Å²) in [5.41, 5.74) is 1.05. The summed E-state index contributed by atoms with van der Waals surface area (Å²) in [6, 6.07) is 19.9. The van der Waals surface area contributed by atoms with E-state index in [2.05, 4.69) is 0 Å². The molecule has 0 aliphatic rings. The molecule has 0 spiro atoms. The SMILES string of the molecule is CC(=O)SCC(=O)c1ccc(N(c2ccc(O)cc2)S(=O)(=O)c2ccccc2)cc1. The smallest absolute Gasteiger partial charge is 0.268 e. The third kappa shape index (κ3) is 4.90. The molecule has 0 bridgehead atoms. The number of ketones is 1. The van der Waals surface area contributed by atoms with Gasteiger partial charge >= 0.3 is 0 Å². The predicted molar refractivity (Wildman–Crippen MR) is 118 cm³/mol. The van der Waals surface area contributed by atoms with Crippen LogP contribution >= 0.6 is 11.8 Å². The van der Waals surface area contributed by atoms with E-state index in [1.54, 1.807) is 30.3 Å². The number of benzene rings is 3. The number of nitrogens with zero attached hydrogens (tertiary/aromatic N) is 1. The van der Waals surface area contributed by atoms with Crippen molar-refractivity contribution in [2.45, 2.75) is 11.8 Å². The Morgan fingerprint density at radius 1 is 0.867 bits per heavy atom. The molecule has 0 saturated heterocycles. The van der Waals surface area contributed by atoms with Crippen LogP contribution in [-0.2, 0) is 14.8 Å². The predicted octanol–water partition coefficient (Wildman–Crippen LogP) is 4.38. The van der Waals surface area contributed by atoms with Gasteiger partial charge in [0.15, 0.2) is 10.9 Å². The van der Waals surface area contributed by atoms with Crippen molar-refractivity contribution >= 4 is 44.1 Å². The molecule has 8 heteroatoms. The van der Waals surface area contributed by atoms with Crippen LogP contribution in [0, 0.1) is 0 Å². The lowest BCUT2D eigenvalue weighted by molar-refractivity contribution is -0.109. The number of rotatable bonds is 7. The molecule has 154 valence electrons. The first-order chi connectivity index (χ1) is 14.3. The first-order valence-corrected chi connectivity index (χ1v) is 11.4. The summed E-state index contributed by atoms with van der Waals surface area (Å²) in [5, 5.41) is 9.44. The number of aromatic hydroxyl groups is 1. The van der Waals surface area contributed by atoms with Crippen LogP contribution in [0.5, 0.6) is 5.75 Å². The number of sulfonamides is 1. The Morgan fingerprint density at radius 2 is 1.40 bits per heavy atom. The molecule has 30 heavy (non-hydrogen) atoms. The Bertz CT molecular complexity index is 1140. The van der Waals surface area contributed by atoms with E-state index >= 15 is 0 Å². The van der Waals surface area contributed by atoms with E-state index < -0.39 is 10.0 Å². The molecule has 3 aromatic rings. The van der Waals surface area contributed by atoms with E-state index in [1.165, 1.54) is 55.5 Å². The molecule has 3 rings (SSSR count). The van der Waals surface area contributed by atoms with Gasteiger partial charge in [-0.1, -0.05) is 30.0 Å². The molecule has 0 radical (unpaired) electrons. The van der Waals surface area contributed by atoms with Crippen molar-refractivity contribution in [2.75, 3.05) is 10.1 Å². The zero-order valence-electron chi connectivity index (χ0n) is 16.1. The quantitative estimate of drug-likeness (QED) is 0.547. The average Bonchev–Trinajstić information content (AvgIpc) is 2.74. The lowest BCUT2D eigenvalue weighted by Gasteiger charge is -2.25. The standard InChI is InChI=1S/C22H19NO5S2/c1-16(24)29-15-22(26)17-7-9-18(10-8-17)23(19-11-13-20(25)14-12-19)30(27,28)21-5-3-2-4-6-21/h2-14,25H,15H2,1H3. The minimum Gasteiger partial charge on any atom is -0.508 e. The first-order valence-electron chi connectivity index (χ1n) is 8.95. The number of phenolic OH excluding ortho intramolecular Hbond substituents is 1. The average molecular weight is 442 g/mol. The van der Waals surface area contributed by atoms with Crippen molar-refractivity contribution in [3.8, 4) is 5.75 Å². The highest BCUT2D eigenvalue weighted by molar-refractivity contribution is 8.14. The van der Waals surface area contributed by atoms with Gasteiger partial charge in [0, 0.05) is 12.5 Å². The first kappa shape index (κ1) is 21.6. The molecule has 0 amide bonds. The van der Waals surface area contributed by atoms with Crippen LogP contribution < -0.4 is 4.31 Å². The van der Waals surface area contributed by atoms with Crippen molar-refractivity contribution in [1.82, 2.24) is 0 Å². The van der Waals surface area contributed by atoms with Gasteiger partial charge in [-0.15, -0.1) is 0 Å². The second kappa shape index (κ2) is 9.15. The topological polar surface area (TPSA) is 91.8 Å². The Hall–Kier alpha value is -3.10. The largest absolute Gasteiger partial charge is 0.508 e. The molecule has 0 saturated carbocycles. The number of carbonyl (C=O) groups excluding carboxylic acids is 2. The monoisotopic (exact) mass is 441 g/mol. The Kier molecular flexibility index (Phi) is 6.59. The molecule has 6 nitrogen and oxygen atoms in total. The van der Waals surface area contributed by atoms with Gasteiger partial charge in [-0.2, -0.15) is 0 Å². The minimum atomic E-state index is -3.96. The zero-order valence-corrected chi connectivity index (χ0v) is 17.7. The highest BCUT2D eigenvalue weighted by Crippen LogP contribution is 2.33. The number of phenols is 1. The van der Waals surface area contributed by atoms with Crippen LogP contribution in [0.2, 0.25) is 0 Å². The second-order valence-corrected chi connectivity index (χ2v) is 9.29. The number of anilines is 2. The number of Topliss-reactive ketones (excluding diaryl/α,β-unsaturated/α-hetero) is 1. The third-order valence-corrected chi connectivity index (χ3v) is 6.78. The second-order valence-electron chi connectivity index (χ2n) is 6.35. The Labute approximate surface area is 179 Å². The molecule has 0 aliphatic carbocycles. The number of hydrogen-bond acceptors (Lipinski definition) is 6. The van der Waals surface area contributed by atoms with E-state index in [9.17, 15) is 23.1 Å². The third-order valence-electron chi connectivity index (χ3n) is 4.20. The summed E-state index contributed by atoms with van der Waals surface area (Å²) in [6.45, 7) is 1.39. The van der Waals surface area contributed by atoms with Crippen LogP contribution in [-0.4, -0.2) is 30.2 Å². The van der Waals surface area contributed by atoms with Crippen LogP contribution in [0.3, 0.4) is 0 Å². The van der Waals surface area contributed by atoms with Gasteiger partial charge < -0.3 is 5.11 Å². The summed E-state index contributed by atoms with van der Waals surface area (Å²) in [7, 11) is -3.96. The van der Waals surface area contributed by atoms with Crippen molar-refractivity contribution in [3.63, 3.8) is 0 Å². The molecule has 0 fully saturated rings. The Morgan fingerprint density at radius 3 is 1.93 bits per heavy atom. The molecule has 1 N–H and O–H groups in total. The molecule has 0 aliphatic heterocycles. The van der Waals surface area contributed by atoms with Crippen LogP contribution in [0.1, 0.15) is 17.3 Å². The lowest BCUT2D eigenvalue weighted by Crippen LogP contribution is -2.26. The van der Waals surface area contributed by atoms with Crippen LogP contribution in [0.15, 0.2) is 83.8 Å². The maximum atomic E-state index is 13.4. The maximum absolute atomic E-state index is 13.4. The minimum absolute atomic E-state index is 0.0136. The van der Waals surface area contributed by atoms with Crippen LogP contribution in [0.25, 0.3) is 0 Å². The van der Waals surface area contributed by atoms with E-state index in [1.807, 2.05) is 0 Å². The maximum Gasteiger partial charge on any atom is 0.268 e. The summed E-state index contributed by atoms with van der Waals surface area (Å²) in [5.74, 6) is -0.179. The van der Waals surface area contributed by atoms with Crippen LogP contribution in [0.4, 0.5) is 11.4 Å². The molecule has 0 aromatic heterocycles. The molecule has 0 unspecified atom stereocenters. The molecular weight excluding hydrogens is 422 g/mol. The Balaban J connectivity index is 2.02.